The fourth-order valence-electron chi connectivity index (χ4n) is 6.21. The van der Waals surface area contributed by atoms with E-state index in [0.29, 0.717) is 22.4 Å². The van der Waals surface area contributed by atoms with Crippen LogP contribution in [0.5, 0.6) is 0 Å². The number of allylic oxidation sites excluding steroid dienone is 2. The zero-order valence-corrected chi connectivity index (χ0v) is 31.3. The normalized spacial score (nSPS) is 17.9. The van der Waals surface area contributed by atoms with Crippen LogP contribution in [0.2, 0.25) is 0 Å². The molecule has 2 N–H and O–H groups in total. The van der Waals surface area contributed by atoms with Gasteiger partial charge in [0, 0.05) is 27.8 Å². The highest BCUT2D eigenvalue weighted by molar-refractivity contribution is 8.00. The molecule has 2 atom stereocenters. The lowest BCUT2D eigenvalue weighted by Gasteiger charge is -2.40. The number of aromatic nitrogens is 3. The molecular weight excluding hydrogens is 772 g/mol. The van der Waals surface area contributed by atoms with Gasteiger partial charge in [-0.05, 0) is 54.3 Å². The van der Waals surface area contributed by atoms with Crippen LogP contribution in [0.25, 0.3) is 16.8 Å². The number of hydrogen-bond donors (Lipinski definition) is 2. The zero-order chi connectivity index (χ0) is 39.9. The van der Waals surface area contributed by atoms with E-state index in [2.05, 4.69) is 10.1 Å². The van der Waals surface area contributed by atoms with Crippen LogP contribution < -0.4 is 0 Å². The summed E-state index contributed by atoms with van der Waals surface area (Å²) >= 11 is 1.29. The number of rotatable bonds is 14. The fourth-order valence-corrected chi connectivity index (χ4v) is 7.88. The Kier molecular flexibility index (Phi) is 12.9. The maximum atomic E-state index is 16.0. The molecule has 0 spiro atoms. The molecule has 12 nitrogen and oxygen atoms in total. The van der Waals surface area contributed by atoms with Gasteiger partial charge in [0.15, 0.2) is 11.9 Å². The molecule has 1 aliphatic heterocycles. The van der Waals surface area contributed by atoms with Crippen LogP contribution >= 0.6 is 19.6 Å². The fraction of sp³-hybridized carbons (Fsp3) is 0.231. The molecule has 56 heavy (non-hydrogen) atoms. The molecule has 0 amide bonds. The van der Waals surface area contributed by atoms with Crippen molar-refractivity contribution in [3.05, 3.63) is 149 Å². The average molecular weight is 807 g/mol. The number of nitriles is 1. The average Bonchev–Trinajstić information content (AvgIpc) is 3.68. The van der Waals surface area contributed by atoms with E-state index in [9.17, 15) is 27.9 Å². The van der Waals surface area contributed by atoms with Crippen molar-refractivity contribution in [2.24, 2.45) is 0 Å². The Labute approximate surface area is 323 Å². The van der Waals surface area contributed by atoms with Crippen molar-refractivity contribution in [3.63, 3.8) is 0 Å². The van der Waals surface area contributed by atoms with Gasteiger partial charge in [-0.1, -0.05) is 54.6 Å². The molecular formula is C39H34F3N4O8PS. The largest absolute Gasteiger partial charge is 0.469 e. The number of esters is 1. The number of carbonyl (C=O) groups excluding carboxylic acids is 1. The predicted octanol–water partition coefficient (Wildman–Crippen LogP) is 7.21. The molecule has 5 aromatic rings. The number of nitrogens with zero attached hydrogens (tertiary/aromatic N) is 4. The van der Waals surface area contributed by atoms with E-state index in [4.69, 9.17) is 24.0 Å². The molecule has 0 unspecified atom stereocenters. The van der Waals surface area contributed by atoms with Crippen LogP contribution in [0.1, 0.15) is 39.5 Å². The van der Waals surface area contributed by atoms with Gasteiger partial charge in [-0.3, -0.25) is 4.52 Å². The van der Waals surface area contributed by atoms with Gasteiger partial charge in [-0.2, -0.15) is 10.4 Å². The lowest BCUT2D eigenvalue weighted by Crippen LogP contribution is -2.47. The summed E-state index contributed by atoms with van der Waals surface area (Å²) < 4.78 is 80.5. The molecule has 1 fully saturated rings. The minimum absolute atomic E-state index is 0.00466. The Morgan fingerprint density at radius 1 is 1.09 bits per heavy atom. The SMILES string of the molecule is C[C@@H](S[C@H]1CO[C@H](C=CC=Cc2ccc(C#N)cc2F)OC1)[C@@](Cn1cncn1)(OC(=O)c1cccc2cccc(COP(=O)(O)O)c12)c1ccc(F)cc1F. The summed E-state index contributed by atoms with van der Waals surface area (Å²) in [4.78, 5) is 37.2. The highest BCUT2D eigenvalue weighted by atomic mass is 32.2. The first-order chi connectivity index (χ1) is 26.8. The monoisotopic (exact) mass is 806 g/mol. The van der Waals surface area contributed by atoms with Gasteiger partial charge in [0.1, 0.15) is 30.1 Å². The molecule has 0 saturated carbocycles. The van der Waals surface area contributed by atoms with Gasteiger partial charge in [0.05, 0.1) is 48.8 Å². The van der Waals surface area contributed by atoms with Crippen LogP contribution in [0, 0.1) is 28.8 Å². The van der Waals surface area contributed by atoms with Crippen LogP contribution in [0.15, 0.2) is 104 Å². The summed E-state index contributed by atoms with van der Waals surface area (Å²) in [5.41, 5.74) is -1.21. The third kappa shape index (κ3) is 9.81. The maximum absolute atomic E-state index is 16.0. The molecule has 1 saturated heterocycles. The van der Waals surface area contributed by atoms with Gasteiger partial charge in [0.25, 0.3) is 0 Å². The van der Waals surface area contributed by atoms with Crippen molar-refractivity contribution in [2.45, 2.75) is 42.5 Å². The first-order valence-electron chi connectivity index (χ1n) is 17.0. The molecule has 4 aromatic carbocycles. The summed E-state index contributed by atoms with van der Waals surface area (Å²) in [5.74, 6) is -3.27. The Morgan fingerprint density at radius 2 is 1.86 bits per heavy atom. The van der Waals surface area contributed by atoms with E-state index in [1.54, 1.807) is 55.5 Å². The lowest BCUT2D eigenvalue weighted by molar-refractivity contribution is -0.146. The number of phosphoric ester groups is 1. The van der Waals surface area contributed by atoms with Crippen LogP contribution in [0.3, 0.4) is 0 Å². The van der Waals surface area contributed by atoms with Crippen LogP contribution in [0.4, 0.5) is 13.2 Å². The minimum Gasteiger partial charge on any atom is -0.447 e. The molecule has 1 aliphatic rings. The molecule has 0 bridgehead atoms. The van der Waals surface area contributed by atoms with Crippen LogP contribution in [-0.2, 0) is 42.1 Å². The standard InChI is InChI=1S/C39H34F3N4O8PS/c1-25(56-31-20-51-36(52-21-31)11-3-2-6-27-13-12-26(18-43)16-34(27)41)39(22-46-24-44-23-45-46,33-15-14-30(40)17-35(33)42)54-38(47)32-10-5-8-28-7-4-9-29(37(28)32)19-53-55(48,49)50/h2-17,23-25,31,36H,19-22H2,1H3,(H2,48,49,50)/t25-,31-,36-,39-/m1/s1. The van der Waals surface area contributed by atoms with Gasteiger partial charge >= 0.3 is 13.8 Å². The van der Waals surface area contributed by atoms with E-state index in [1.807, 2.05) is 6.07 Å². The van der Waals surface area contributed by atoms with Gasteiger partial charge in [-0.25, -0.2) is 32.2 Å². The Balaban J connectivity index is 1.27. The molecule has 0 aliphatic carbocycles. The maximum Gasteiger partial charge on any atom is 0.469 e. The number of phosphoric acid groups is 1. The third-order valence-corrected chi connectivity index (χ3v) is 10.8. The molecule has 17 heteroatoms. The van der Waals surface area contributed by atoms with Crippen molar-refractivity contribution in [1.29, 1.82) is 5.26 Å². The van der Waals surface area contributed by atoms with Crippen molar-refractivity contribution in [1.82, 2.24) is 14.8 Å². The summed E-state index contributed by atoms with van der Waals surface area (Å²) in [7, 11) is -4.88. The number of fused-ring (bicyclic) bond motifs is 1. The Hall–Kier alpha value is -5.11. The quantitative estimate of drug-likeness (QED) is 0.0659. The molecule has 6 rings (SSSR count). The minimum atomic E-state index is -4.88. The number of ether oxygens (including phenoxy) is 3. The van der Waals surface area contributed by atoms with E-state index in [0.717, 1.165) is 12.1 Å². The number of carbonyl (C=O) groups is 1. The second-order valence-electron chi connectivity index (χ2n) is 12.6. The number of thioether (sulfide) groups is 1. The van der Waals surface area contributed by atoms with E-state index >= 15 is 4.39 Å². The Morgan fingerprint density at radius 3 is 2.54 bits per heavy atom. The topological polar surface area (TPSA) is 166 Å². The molecule has 0 radical (unpaired) electrons. The molecule has 290 valence electrons. The van der Waals surface area contributed by atoms with Crippen molar-refractivity contribution in [2.75, 3.05) is 13.2 Å². The van der Waals surface area contributed by atoms with E-state index in [1.165, 1.54) is 59.4 Å². The first-order valence-corrected chi connectivity index (χ1v) is 19.5. The summed E-state index contributed by atoms with van der Waals surface area (Å²) in [6.07, 6.45) is 8.30. The lowest BCUT2D eigenvalue weighted by atomic mass is 9.89. The van der Waals surface area contributed by atoms with E-state index < -0.39 is 55.0 Å². The zero-order valence-electron chi connectivity index (χ0n) is 29.6. The number of hydrogen-bond acceptors (Lipinski definition) is 10. The third-order valence-electron chi connectivity index (χ3n) is 8.86. The summed E-state index contributed by atoms with van der Waals surface area (Å²) in [6.45, 7) is 1.28. The molecule has 2 heterocycles. The second kappa shape index (κ2) is 17.8. The smallest absolute Gasteiger partial charge is 0.447 e. The predicted molar refractivity (Wildman–Crippen MR) is 200 cm³/mol. The highest BCUT2D eigenvalue weighted by Crippen LogP contribution is 2.43. The van der Waals surface area contributed by atoms with Crippen molar-refractivity contribution < 1.29 is 51.1 Å². The number of halogens is 3. The Bertz CT molecular complexity index is 2340. The van der Waals surface area contributed by atoms with E-state index in [-0.39, 0.29) is 47.3 Å². The molecule has 1 aromatic heterocycles. The van der Waals surface area contributed by atoms with Crippen LogP contribution in [-0.4, -0.2) is 60.5 Å². The summed E-state index contributed by atoms with van der Waals surface area (Å²) in [6, 6.07) is 18.7. The highest BCUT2D eigenvalue weighted by Gasteiger charge is 2.47. The number of benzene rings is 4. The first kappa shape index (κ1) is 40.6. The summed E-state index contributed by atoms with van der Waals surface area (Å²) in [5, 5.41) is 12.8. The van der Waals surface area contributed by atoms with Crippen molar-refractivity contribution >= 4 is 42.4 Å². The van der Waals surface area contributed by atoms with Crippen molar-refractivity contribution in [3.8, 4) is 6.07 Å². The van der Waals surface area contributed by atoms with Gasteiger partial charge in [0.2, 0.25) is 0 Å². The second-order valence-corrected chi connectivity index (χ2v) is 15.5. The van der Waals surface area contributed by atoms with Gasteiger partial charge < -0.3 is 24.0 Å². The van der Waals surface area contributed by atoms with Gasteiger partial charge in [-0.15, -0.1) is 11.8 Å².